The highest BCUT2D eigenvalue weighted by atomic mass is 16.5. The number of ether oxygens (including phenoxy) is 1. The minimum Gasteiger partial charge on any atom is -0.497 e. The molecule has 1 atom stereocenters. The van der Waals surface area contributed by atoms with Crippen molar-refractivity contribution < 1.29 is 9.53 Å². The van der Waals surface area contributed by atoms with Gasteiger partial charge in [0.25, 0.3) is 0 Å². The zero-order chi connectivity index (χ0) is 19.1. The van der Waals surface area contributed by atoms with Crippen molar-refractivity contribution in [3.63, 3.8) is 0 Å². The number of carbonyl (C=O) groups excluding carboxylic acids is 1. The summed E-state index contributed by atoms with van der Waals surface area (Å²) in [6.07, 6.45) is 0. The van der Waals surface area contributed by atoms with E-state index in [9.17, 15) is 4.79 Å². The number of carbonyl (C=O) groups is 1. The average molecular weight is 360 g/mol. The molecule has 0 heterocycles. The molecule has 0 aromatic heterocycles. The van der Waals surface area contributed by atoms with E-state index in [2.05, 4.69) is 34.9 Å². The molecule has 0 fully saturated rings. The van der Waals surface area contributed by atoms with E-state index in [1.807, 2.05) is 61.5 Å². The molecular formula is C23H24N2O2. The maximum atomic E-state index is 12.7. The molecule has 0 aliphatic heterocycles. The Morgan fingerprint density at radius 1 is 0.852 bits per heavy atom. The Labute approximate surface area is 160 Å². The van der Waals surface area contributed by atoms with E-state index < -0.39 is 0 Å². The van der Waals surface area contributed by atoms with Gasteiger partial charge in [0.1, 0.15) is 5.75 Å². The predicted molar refractivity (Wildman–Crippen MR) is 109 cm³/mol. The number of benzene rings is 3. The summed E-state index contributed by atoms with van der Waals surface area (Å²) in [6.45, 7) is 1.87. The Morgan fingerprint density at radius 2 is 1.44 bits per heavy atom. The summed E-state index contributed by atoms with van der Waals surface area (Å²) in [6, 6.07) is 27.2. The number of amides is 1. The van der Waals surface area contributed by atoms with Gasteiger partial charge >= 0.3 is 0 Å². The van der Waals surface area contributed by atoms with Gasteiger partial charge in [-0.25, -0.2) is 0 Å². The number of hydrogen-bond acceptors (Lipinski definition) is 3. The Balaban J connectivity index is 1.75. The van der Waals surface area contributed by atoms with E-state index in [1.54, 1.807) is 13.2 Å². The summed E-state index contributed by atoms with van der Waals surface area (Å²) in [4.78, 5) is 12.7. The van der Waals surface area contributed by atoms with Crippen molar-refractivity contribution in [1.82, 2.24) is 5.32 Å². The highest BCUT2D eigenvalue weighted by Crippen LogP contribution is 2.23. The second-order valence-corrected chi connectivity index (χ2v) is 6.36. The molecule has 0 spiro atoms. The van der Waals surface area contributed by atoms with E-state index in [0.29, 0.717) is 11.4 Å². The molecule has 0 aliphatic rings. The van der Waals surface area contributed by atoms with Crippen LogP contribution in [0, 0.1) is 0 Å². The van der Waals surface area contributed by atoms with Crippen LogP contribution in [-0.4, -0.2) is 19.1 Å². The van der Waals surface area contributed by atoms with Crippen LogP contribution in [0.1, 0.15) is 24.1 Å². The fourth-order valence-corrected chi connectivity index (χ4v) is 2.95. The van der Waals surface area contributed by atoms with E-state index >= 15 is 0 Å². The molecule has 0 saturated carbocycles. The standard InChI is InChI=1S/C23H24N2O2/c1-17(23(26)25-20-14-9-15-21(16-20)27-2)24-22(18-10-5-3-6-11-18)19-12-7-4-8-13-19/h3-17,22,24H,1-2H3,(H,25,26)/t17-/m1/s1. The van der Waals surface area contributed by atoms with Crippen molar-refractivity contribution in [3.8, 4) is 5.75 Å². The Morgan fingerprint density at radius 3 is 2.00 bits per heavy atom. The molecule has 4 heteroatoms. The number of anilines is 1. The van der Waals surface area contributed by atoms with E-state index in [4.69, 9.17) is 4.74 Å². The van der Waals surface area contributed by atoms with Crippen LogP contribution >= 0.6 is 0 Å². The van der Waals surface area contributed by atoms with E-state index in [1.165, 1.54) is 0 Å². The van der Waals surface area contributed by atoms with Crippen LogP contribution in [-0.2, 0) is 4.79 Å². The second kappa shape index (κ2) is 9.01. The lowest BCUT2D eigenvalue weighted by Crippen LogP contribution is -2.40. The van der Waals surface area contributed by atoms with Crippen LogP contribution in [0.5, 0.6) is 5.75 Å². The summed E-state index contributed by atoms with van der Waals surface area (Å²) in [5, 5.41) is 6.40. The first-order valence-electron chi connectivity index (χ1n) is 8.98. The van der Waals surface area contributed by atoms with Crippen molar-refractivity contribution in [2.45, 2.75) is 19.0 Å². The third-order valence-electron chi connectivity index (χ3n) is 4.41. The molecule has 0 bridgehead atoms. The summed E-state index contributed by atoms with van der Waals surface area (Å²) >= 11 is 0. The lowest BCUT2D eigenvalue weighted by atomic mass is 9.98. The minimum atomic E-state index is -0.387. The van der Waals surface area contributed by atoms with Gasteiger partial charge < -0.3 is 10.1 Å². The van der Waals surface area contributed by atoms with Gasteiger partial charge in [-0.05, 0) is 30.2 Å². The van der Waals surface area contributed by atoms with Gasteiger partial charge in [-0.3, -0.25) is 10.1 Å². The Hall–Kier alpha value is -3.11. The van der Waals surface area contributed by atoms with Crippen molar-refractivity contribution in [1.29, 1.82) is 0 Å². The second-order valence-electron chi connectivity index (χ2n) is 6.36. The smallest absolute Gasteiger partial charge is 0.241 e. The van der Waals surface area contributed by atoms with Crippen LogP contribution in [0.2, 0.25) is 0 Å². The van der Waals surface area contributed by atoms with Crippen LogP contribution in [0.15, 0.2) is 84.9 Å². The first-order chi connectivity index (χ1) is 13.2. The fourth-order valence-electron chi connectivity index (χ4n) is 2.95. The number of hydrogen-bond donors (Lipinski definition) is 2. The highest BCUT2D eigenvalue weighted by Gasteiger charge is 2.20. The van der Waals surface area contributed by atoms with Crippen molar-refractivity contribution >= 4 is 11.6 Å². The fraction of sp³-hybridized carbons (Fsp3) is 0.174. The molecular weight excluding hydrogens is 336 g/mol. The normalized spacial score (nSPS) is 11.8. The van der Waals surface area contributed by atoms with Crippen LogP contribution in [0.25, 0.3) is 0 Å². The minimum absolute atomic E-state index is 0.0709. The van der Waals surface area contributed by atoms with Crippen molar-refractivity contribution in [2.75, 3.05) is 12.4 Å². The molecule has 0 unspecified atom stereocenters. The van der Waals surface area contributed by atoms with Crippen molar-refractivity contribution in [2.24, 2.45) is 0 Å². The van der Waals surface area contributed by atoms with Crippen LogP contribution in [0.4, 0.5) is 5.69 Å². The third kappa shape index (κ3) is 4.96. The van der Waals surface area contributed by atoms with E-state index in [-0.39, 0.29) is 18.0 Å². The lowest BCUT2D eigenvalue weighted by molar-refractivity contribution is -0.117. The average Bonchev–Trinajstić information content (AvgIpc) is 2.73. The van der Waals surface area contributed by atoms with Gasteiger partial charge in [-0.2, -0.15) is 0 Å². The summed E-state index contributed by atoms with van der Waals surface area (Å²) in [5.41, 5.74) is 2.94. The van der Waals surface area contributed by atoms with Gasteiger partial charge in [0.15, 0.2) is 0 Å². The van der Waals surface area contributed by atoms with Gasteiger partial charge in [-0.15, -0.1) is 0 Å². The van der Waals surface area contributed by atoms with Crippen molar-refractivity contribution in [3.05, 3.63) is 96.1 Å². The SMILES string of the molecule is COc1cccc(NC(=O)[C@@H](C)NC(c2ccccc2)c2ccccc2)c1. The molecule has 3 aromatic carbocycles. The Kier molecular flexibility index (Phi) is 6.23. The topological polar surface area (TPSA) is 50.4 Å². The lowest BCUT2D eigenvalue weighted by Gasteiger charge is -2.24. The number of rotatable bonds is 7. The zero-order valence-electron chi connectivity index (χ0n) is 15.6. The monoisotopic (exact) mass is 360 g/mol. The van der Waals surface area contributed by atoms with Gasteiger partial charge in [0, 0.05) is 11.8 Å². The molecule has 3 aromatic rings. The summed E-state index contributed by atoms with van der Waals surface area (Å²) in [7, 11) is 1.61. The molecule has 3 rings (SSSR count). The molecule has 0 radical (unpaired) electrons. The first-order valence-corrected chi connectivity index (χ1v) is 8.98. The summed E-state index contributed by atoms with van der Waals surface area (Å²) in [5.74, 6) is 0.611. The zero-order valence-corrected chi connectivity index (χ0v) is 15.6. The predicted octanol–water partition coefficient (Wildman–Crippen LogP) is 4.40. The molecule has 0 saturated heterocycles. The first kappa shape index (κ1) is 18.7. The maximum Gasteiger partial charge on any atom is 0.241 e. The Bertz CT molecular complexity index is 826. The highest BCUT2D eigenvalue weighted by molar-refractivity contribution is 5.94. The largest absolute Gasteiger partial charge is 0.497 e. The molecule has 27 heavy (non-hydrogen) atoms. The van der Waals surface area contributed by atoms with Gasteiger partial charge in [0.05, 0.1) is 19.2 Å². The van der Waals surface area contributed by atoms with Crippen LogP contribution < -0.4 is 15.4 Å². The molecule has 138 valence electrons. The van der Waals surface area contributed by atoms with Gasteiger partial charge in [0.2, 0.25) is 5.91 Å². The van der Waals surface area contributed by atoms with Gasteiger partial charge in [-0.1, -0.05) is 66.7 Å². The molecule has 0 aliphatic carbocycles. The molecule has 1 amide bonds. The summed E-state index contributed by atoms with van der Waals surface area (Å²) < 4.78 is 5.21. The molecule has 2 N–H and O–H groups in total. The van der Waals surface area contributed by atoms with Crippen LogP contribution in [0.3, 0.4) is 0 Å². The quantitative estimate of drug-likeness (QED) is 0.656. The van der Waals surface area contributed by atoms with E-state index in [0.717, 1.165) is 11.1 Å². The number of nitrogens with one attached hydrogen (secondary N) is 2. The maximum absolute atomic E-state index is 12.7. The number of methoxy groups -OCH3 is 1. The molecule has 4 nitrogen and oxygen atoms in total. The third-order valence-corrected chi connectivity index (χ3v) is 4.41.